The van der Waals surface area contributed by atoms with Crippen LogP contribution >= 0.6 is 0 Å². The van der Waals surface area contributed by atoms with Crippen LogP contribution in [-0.4, -0.2) is 38.1 Å². The Morgan fingerprint density at radius 3 is 2.12 bits per heavy atom. The van der Waals surface area contributed by atoms with Crippen molar-refractivity contribution >= 4 is 10.9 Å². The highest BCUT2D eigenvalue weighted by Gasteiger charge is 2.16. The summed E-state index contributed by atoms with van der Waals surface area (Å²) in [5, 5.41) is 0.521. The smallest absolute Gasteiger partial charge is 0.280 e. The molecule has 8 heteroatoms. The molecule has 0 atom stereocenters. The van der Waals surface area contributed by atoms with Crippen molar-refractivity contribution < 1.29 is 18.9 Å². The molecular weight excluding hydrogens is 422 g/mol. The van der Waals surface area contributed by atoms with Crippen LogP contribution in [0.5, 0.6) is 23.0 Å². The van der Waals surface area contributed by atoms with Crippen molar-refractivity contribution in [2.24, 2.45) is 0 Å². The molecule has 0 saturated carbocycles. The Balaban J connectivity index is 1.78. The Hall–Kier alpha value is -4.20. The molecule has 1 N–H and O–H groups in total. The fourth-order valence-corrected chi connectivity index (χ4v) is 3.62. The predicted molar refractivity (Wildman–Crippen MR) is 127 cm³/mol. The topological polar surface area (TPSA) is 83.8 Å². The molecule has 4 rings (SSSR count). The maximum atomic E-state index is 13.4. The maximum absolute atomic E-state index is 13.4. The lowest BCUT2D eigenvalue weighted by Crippen LogP contribution is -2.31. The maximum Gasteiger partial charge on any atom is 0.280 e. The minimum absolute atomic E-state index is 0.196. The van der Waals surface area contributed by atoms with E-state index in [1.54, 1.807) is 34.5 Å². The van der Waals surface area contributed by atoms with E-state index in [0.717, 1.165) is 16.9 Å². The van der Waals surface area contributed by atoms with E-state index >= 15 is 0 Å². The van der Waals surface area contributed by atoms with Crippen molar-refractivity contribution in [1.29, 1.82) is 0 Å². The summed E-state index contributed by atoms with van der Waals surface area (Å²) < 4.78 is 23.0. The average Bonchev–Trinajstić information content (AvgIpc) is 2.87. The van der Waals surface area contributed by atoms with Gasteiger partial charge in [-0.2, -0.15) is 0 Å². The Morgan fingerprint density at radius 1 is 0.848 bits per heavy atom. The van der Waals surface area contributed by atoms with Crippen LogP contribution in [0.25, 0.3) is 22.3 Å². The van der Waals surface area contributed by atoms with E-state index in [9.17, 15) is 4.79 Å². The summed E-state index contributed by atoms with van der Waals surface area (Å²) in [5.74, 6) is 2.79. The van der Waals surface area contributed by atoms with Gasteiger partial charge in [0.05, 0.1) is 45.9 Å². The Labute approximate surface area is 191 Å². The lowest BCUT2D eigenvalue weighted by molar-refractivity contribution is 0.324. The van der Waals surface area contributed by atoms with Crippen molar-refractivity contribution in [2.75, 3.05) is 33.9 Å². The van der Waals surface area contributed by atoms with E-state index in [1.807, 2.05) is 54.6 Å². The molecule has 4 aromatic rings. The molecule has 3 aromatic carbocycles. The third kappa shape index (κ3) is 4.27. The van der Waals surface area contributed by atoms with Crippen molar-refractivity contribution in [3.8, 4) is 34.4 Å². The quantitative estimate of drug-likeness (QED) is 0.439. The standard InChI is InChI=1S/C25H25N3O5/c1-30-18-11-9-17(10-12-18)24-27-20-8-6-5-7-19(20)25(29)28(24)26-15-16-13-21(31-2)23(33-4)22(14-16)32-3/h5-14,26H,15H2,1-4H3. The second kappa shape index (κ2) is 9.52. The third-order valence-electron chi connectivity index (χ3n) is 5.29. The van der Waals surface area contributed by atoms with Gasteiger partial charge in [-0.25, -0.2) is 9.66 Å². The van der Waals surface area contributed by atoms with Crippen LogP contribution < -0.4 is 29.9 Å². The van der Waals surface area contributed by atoms with Gasteiger partial charge in [0.25, 0.3) is 5.56 Å². The highest BCUT2D eigenvalue weighted by molar-refractivity contribution is 5.79. The number of fused-ring (bicyclic) bond motifs is 1. The second-order valence-electron chi connectivity index (χ2n) is 7.19. The average molecular weight is 447 g/mol. The van der Waals surface area contributed by atoms with Crippen LogP contribution in [0.2, 0.25) is 0 Å². The minimum Gasteiger partial charge on any atom is -0.497 e. The summed E-state index contributed by atoms with van der Waals surface area (Å²) in [4.78, 5) is 18.1. The molecule has 170 valence electrons. The first-order chi connectivity index (χ1) is 16.1. The van der Waals surface area contributed by atoms with E-state index in [0.29, 0.717) is 40.5 Å². The fraction of sp³-hybridized carbons (Fsp3) is 0.200. The van der Waals surface area contributed by atoms with Gasteiger partial charge in [-0.15, -0.1) is 0 Å². The molecule has 8 nitrogen and oxygen atoms in total. The highest BCUT2D eigenvalue weighted by Crippen LogP contribution is 2.38. The Kier molecular flexibility index (Phi) is 6.35. The highest BCUT2D eigenvalue weighted by atomic mass is 16.5. The van der Waals surface area contributed by atoms with Crippen LogP contribution in [0.15, 0.2) is 65.5 Å². The Bertz CT molecular complexity index is 1310. The van der Waals surface area contributed by atoms with Gasteiger partial charge in [-0.1, -0.05) is 12.1 Å². The summed E-state index contributed by atoms with van der Waals surface area (Å²) in [6, 6.07) is 18.3. The van der Waals surface area contributed by atoms with Crippen molar-refractivity contribution in [3.05, 3.63) is 76.6 Å². The number of nitrogens with zero attached hydrogens (tertiary/aromatic N) is 2. The molecular formula is C25H25N3O5. The predicted octanol–water partition coefficient (Wildman–Crippen LogP) is 3.84. The number of benzene rings is 3. The van der Waals surface area contributed by atoms with Gasteiger partial charge in [0.2, 0.25) is 5.75 Å². The zero-order valence-electron chi connectivity index (χ0n) is 18.9. The second-order valence-corrected chi connectivity index (χ2v) is 7.19. The zero-order chi connectivity index (χ0) is 23.4. The van der Waals surface area contributed by atoms with E-state index in [1.165, 1.54) is 4.68 Å². The Morgan fingerprint density at radius 2 is 1.52 bits per heavy atom. The first-order valence-electron chi connectivity index (χ1n) is 10.3. The third-order valence-corrected chi connectivity index (χ3v) is 5.29. The van der Waals surface area contributed by atoms with E-state index in [-0.39, 0.29) is 5.56 Å². The van der Waals surface area contributed by atoms with Crippen molar-refractivity contribution in [1.82, 2.24) is 9.66 Å². The van der Waals surface area contributed by atoms with Crippen LogP contribution in [0.1, 0.15) is 5.56 Å². The molecule has 0 bridgehead atoms. The van der Waals surface area contributed by atoms with Gasteiger partial charge in [0, 0.05) is 5.56 Å². The number of hydrogen-bond donors (Lipinski definition) is 1. The number of ether oxygens (including phenoxy) is 4. The number of aromatic nitrogens is 2. The SMILES string of the molecule is COc1ccc(-c2nc3ccccc3c(=O)n2NCc2cc(OC)c(OC)c(OC)c2)cc1. The van der Waals surface area contributed by atoms with E-state index < -0.39 is 0 Å². The number of methoxy groups -OCH3 is 4. The molecule has 1 heterocycles. The summed E-state index contributed by atoms with van der Waals surface area (Å²) in [7, 11) is 6.29. The minimum atomic E-state index is -0.196. The molecule has 0 aliphatic carbocycles. The monoisotopic (exact) mass is 447 g/mol. The van der Waals surface area contributed by atoms with Gasteiger partial charge in [-0.3, -0.25) is 4.79 Å². The summed E-state index contributed by atoms with van der Waals surface area (Å²) in [5.41, 5.74) is 5.26. The summed E-state index contributed by atoms with van der Waals surface area (Å²) in [6.07, 6.45) is 0. The lowest BCUT2D eigenvalue weighted by atomic mass is 10.1. The molecule has 0 spiro atoms. The van der Waals surface area contributed by atoms with E-state index in [2.05, 4.69) is 5.43 Å². The molecule has 0 aliphatic heterocycles. The van der Waals surface area contributed by atoms with Gasteiger partial charge in [0.1, 0.15) is 5.75 Å². The molecule has 0 radical (unpaired) electrons. The molecule has 0 amide bonds. The van der Waals surface area contributed by atoms with Crippen LogP contribution in [-0.2, 0) is 6.54 Å². The first kappa shape index (κ1) is 22.0. The van der Waals surface area contributed by atoms with E-state index in [4.69, 9.17) is 23.9 Å². The zero-order valence-corrected chi connectivity index (χ0v) is 18.9. The van der Waals surface area contributed by atoms with Crippen LogP contribution in [0.3, 0.4) is 0 Å². The van der Waals surface area contributed by atoms with Crippen molar-refractivity contribution in [3.63, 3.8) is 0 Å². The molecule has 0 unspecified atom stereocenters. The summed E-state index contributed by atoms with van der Waals surface area (Å²) >= 11 is 0. The molecule has 0 fully saturated rings. The number of rotatable bonds is 8. The molecule has 0 aliphatic rings. The van der Waals surface area contributed by atoms with Crippen LogP contribution in [0.4, 0.5) is 0 Å². The van der Waals surface area contributed by atoms with Gasteiger partial charge in [-0.05, 0) is 54.1 Å². The summed E-state index contributed by atoms with van der Waals surface area (Å²) in [6.45, 7) is 0.319. The lowest BCUT2D eigenvalue weighted by Gasteiger charge is -2.18. The molecule has 33 heavy (non-hydrogen) atoms. The van der Waals surface area contributed by atoms with Crippen LogP contribution in [0, 0.1) is 0 Å². The largest absolute Gasteiger partial charge is 0.497 e. The number of hydrogen-bond acceptors (Lipinski definition) is 7. The number of para-hydroxylation sites is 1. The number of nitrogens with one attached hydrogen (secondary N) is 1. The van der Waals surface area contributed by atoms with Gasteiger partial charge >= 0.3 is 0 Å². The van der Waals surface area contributed by atoms with Gasteiger partial charge < -0.3 is 24.4 Å². The van der Waals surface area contributed by atoms with Gasteiger partial charge in [0.15, 0.2) is 17.3 Å². The molecule has 1 aromatic heterocycles. The normalized spacial score (nSPS) is 10.7. The van der Waals surface area contributed by atoms with Crippen molar-refractivity contribution in [2.45, 2.75) is 6.54 Å². The molecule has 0 saturated heterocycles. The first-order valence-corrected chi connectivity index (χ1v) is 10.3. The fourth-order valence-electron chi connectivity index (χ4n) is 3.62.